The first-order chi connectivity index (χ1) is 9.24. The van der Waals surface area contributed by atoms with E-state index < -0.39 is 12.0 Å². The first-order valence-corrected chi connectivity index (χ1v) is 6.62. The van der Waals surface area contributed by atoms with Gasteiger partial charge in [-0.1, -0.05) is 18.9 Å². The monoisotopic (exact) mass is 263 g/mol. The van der Waals surface area contributed by atoms with Crippen LogP contribution in [0.2, 0.25) is 0 Å². The van der Waals surface area contributed by atoms with Crippen molar-refractivity contribution in [2.75, 3.05) is 6.79 Å². The van der Waals surface area contributed by atoms with Crippen LogP contribution in [0.5, 0.6) is 11.5 Å². The minimum atomic E-state index is -0.856. The quantitative estimate of drug-likeness (QED) is 0.870. The number of benzene rings is 1. The van der Waals surface area contributed by atoms with Gasteiger partial charge in [0.2, 0.25) is 6.79 Å². The lowest BCUT2D eigenvalue weighted by molar-refractivity contribution is -0.139. The van der Waals surface area contributed by atoms with Gasteiger partial charge >= 0.3 is 5.97 Å². The second kappa shape index (κ2) is 5.09. The van der Waals surface area contributed by atoms with Crippen LogP contribution in [0.4, 0.5) is 0 Å². The van der Waals surface area contributed by atoms with Crippen molar-refractivity contribution < 1.29 is 19.4 Å². The van der Waals surface area contributed by atoms with E-state index in [0.29, 0.717) is 23.1 Å². The number of hydrogen-bond donors (Lipinski definition) is 2. The van der Waals surface area contributed by atoms with Gasteiger partial charge in [0.25, 0.3) is 0 Å². The van der Waals surface area contributed by atoms with E-state index in [1.807, 2.05) is 0 Å². The molecule has 1 unspecified atom stereocenters. The summed E-state index contributed by atoms with van der Waals surface area (Å²) in [5.41, 5.74) is 0.712. The van der Waals surface area contributed by atoms with Crippen molar-refractivity contribution in [3.8, 4) is 11.5 Å². The summed E-state index contributed by atoms with van der Waals surface area (Å²) in [5, 5.41) is 12.6. The number of carboxylic acid groups (broad SMARTS) is 1. The molecule has 19 heavy (non-hydrogen) atoms. The minimum Gasteiger partial charge on any atom is -0.480 e. The number of rotatable bonds is 4. The molecule has 1 aliphatic carbocycles. The lowest BCUT2D eigenvalue weighted by Crippen LogP contribution is -2.35. The van der Waals surface area contributed by atoms with Gasteiger partial charge in [-0.25, -0.2) is 0 Å². The average Bonchev–Trinajstić information content (AvgIpc) is 3.05. The highest BCUT2D eigenvalue weighted by atomic mass is 16.7. The molecule has 0 spiro atoms. The van der Waals surface area contributed by atoms with Gasteiger partial charge in [-0.3, -0.25) is 10.1 Å². The predicted octanol–water partition coefficient (Wildman–Crippen LogP) is 2.07. The highest BCUT2D eigenvalue weighted by Gasteiger charge is 2.26. The Bertz CT molecular complexity index is 482. The largest absolute Gasteiger partial charge is 0.480 e. The first kappa shape index (κ1) is 12.3. The third-order valence-corrected chi connectivity index (χ3v) is 3.73. The normalized spacial score (nSPS) is 19.6. The van der Waals surface area contributed by atoms with Gasteiger partial charge in [0.1, 0.15) is 6.04 Å². The molecule has 5 nitrogen and oxygen atoms in total. The number of fused-ring (bicyclic) bond motifs is 1. The van der Waals surface area contributed by atoms with E-state index in [-0.39, 0.29) is 6.79 Å². The summed E-state index contributed by atoms with van der Waals surface area (Å²) in [4.78, 5) is 11.5. The Hall–Kier alpha value is -1.75. The van der Waals surface area contributed by atoms with Crippen LogP contribution in [0, 0.1) is 0 Å². The summed E-state index contributed by atoms with van der Waals surface area (Å²) in [6, 6.07) is 4.92. The highest BCUT2D eigenvalue weighted by Crippen LogP contribution is 2.34. The Kier molecular flexibility index (Phi) is 3.29. The van der Waals surface area contributed by atoms with E-state index in [2.05, 4.69) is 5.32 Å². The van der Waals surface area contributed by atoms with Crippen LogP contribution in [0.3, 0.4) is 0 Å². The van der Waals surface area contributed by atoms with Crippen molar-refractivity contribution in [2.24, 2.45) is 0 Å². The molecule has 1 aromatic carbocycles. The van der Waals surface area contributed by atoms with Gasteiger partial charge < -0.3 is 14.6 Å². The molecule has 1 atom stereocenters. The topological polar surface area (TPSA) is 67.8 Å². The molecule has 0 bridgehead atoms. The molecule has 0 saturated heterocycles. The lowest BCUT2D eigenvalue weighted by atomic mass is 10.0. The summed E-state index contributed by atoms with van der Waals surface area (Å²) in [7, 11) is 0. The van der Waals surface area contributed by atoms with E-state index in [9.17, 15) is 9.90 Å². The van der Waals surface area contributed by atoms with Crippen molar-refractivity contribution in [3.05, 3.63) is 23.8 Å². The first-order valence-electron chi connectivity index (χ1n) is 6.62. The third kappa shape index (κ3) is 2.51. The van der Waals surface area contributed by atoms with Gasteiger partial charge in [-0.15, -0.1) is 0 Å². The molecule has 1 aromatic rings. The van der Waals surface area contributed by atoms with Crippen molar-refractivity contribution in [1.29, 1.82) is 0 Å². The SMILES string of the molecule is O=C(O)C(NC1CCCC1)c1ccc2c(c1)OCO2. The molecular weight excluding hydrogens is 246 g/mol. The van der Waals surface area contributed by atoms with Crippen LogP contribution in [-0.4, -0.2) is 23.9 Å². The maximum absolute atomic E-state index is 11.5. The van der Waals surface area contributed by atoms with Crippen molar-refractivity contribution in [1.82, 2.24) is 5.32 Å². The Labute approximate surface area is 111 Å². The molecule has 102 valence electrons. The third-order valence-electron chi connectivity index (χ3n) is 3.73. The van der Waals surface area contributed by atoms with E-state index in [0.717, 1.165) is 12.8 Å². The summed E-state index contributed by atoms with van der Waals surface area (Å²) in [6.07, 6.45) is 4.44. The number of nitrogens with one attached hydrogen (secondary N) is 1. The predicted molar refractivity (Wildman–Crippen MR) is 68.3 cm³/mol. The van der Waals surface area contributed by atoms with Crippen LogP contribution < -0.4 is 14.8 Å². The van der Waals surface area contributed by atoms with Crippen LogP contribution in [0.25, 0.3) is 0 Å². The minimum absolute atomic E-state index is 0.201. The van der Waals surface area contributed by atoms with E-state index in [1.165, 1.54) is 12.8 Å². The fourth-order valence-electron chi connectivity index (χ4n) is 2.73. The molecule has 0 radical (unpaired) electrons. The maximum Gasteiger partial charge on any atom is 0.325 e. The van der Waals surface area contributed by atoms with Crippen molar-refractivity contribution in [2.45, 2.75) is 37.8 Å². The van der Waals surface area contributed by atoms with Crippen molar-refractivity contribution in [3.63, 3.8) is 0 Å². The zero-order valence-electron chi connectivity index (χ0n) is 10.6. The van der Waals surface area contributed by atoms with E-state index in [4.69, 9.17) is 9.47 Å². The number of carboxylic acids is 1. The average molecular weight is 263 g/mol. The maximum atomic E-state index is 11.5. The van der Waals surface area contributed by atoms with Gasteiger partial charge in [-0.2, -0.15) is 0 Å². The van der Waals surface area contributed by atoms with Gasteiger partial charge in [0, 0.05) is 6.04 Å². The lowest BCUT2D eigenvalue weighted by Gasteiger charge is -2.20. The number of ether oxygens (including phenoxy) is 2. The standard InChI is InChI=1S/C14H17NO4/c16-14(17)13(15-10-3-1-2-4-10)9-5-6-11-12(7-9)19-8-18-11/h5-7,10,13,15H,1-4,8H2,(H,16,17). The molecule has 3 rings (SSSR count). The zero-order chi connectivity index (χ0) is 13.2. The summed E-state index contributed by atoms with van der Waals surface area (Å²) in [5.74, 6) is 0.441. The molecule has 2 aliphatic rings. The van der Waals surface area contributed by atoms with E-state index >= 15 is 0 Å². The molecule has 1 aliphatic heterocycles. The van der Waals surface area contributed by atoms with Gasteiger partial charge in [-0.05, 0) is 30.5 Å². The van der Waals surface area contributed by atoms with Gasteiger partial charge in [0.05, 0.1) is 0 Å². The summed E-state index contributed by atoms with van der Waals surface area (Å²) >= 11 is 0. The Balaban J connectivity index is 1.81. The molecule has 1 saturated carbocycles. The molecule has 2 N–H and O–H groups in total. The zero-order valence-corrected chi connectivity index (χ0v) is 10.6. The molecule has 0 amide bonds. The highest BCUT2D eigenvalue weighted by molar-refractivity contribution is 5.76. The molecule has 0 aromatic heterocycles. The second-order valence-electron chi connectivity index (χ2n) is 5.03. The number of carbonyl (C=O) groups is 1. The van der Waals surface area contributed by atoms with Gasteiger partial charge in [0.15, 0.2) is 11.5 Å². The van der Waals surface area contributed by atoms with Crippen LogP contribution in [-0.2, 0) is 4.79 Å². The molecule has 5 heteroatoms. The summed E-state index contributed by atoms with van der Waals surface area (Å²) in [6.45, 7) is 0.201. The van der Waals surface area contributed by atoms with Crippen LogP contribution in [0.1, 0.15) is 37.3 Å². The number of aliphatic carboxylic acids is 1. The molecule has 1 heterocycles. The Morgan fingerprint density at radius 2 is 2.00 bits per heavy atom. The van der Waals surface area contributed by atoms with Crippen LogP contribution in [0.15, 0.2) is 18.2 Å². The molecule has 1 fully saturated rings. The summed E-state index contributed by atoms with van der Waals surface area (Å²) < 4.78 is 10.5. The second-order valence-corrected chi connectivity index (χ2v) is 5.03. The Morgan fingerprint density at radius 3 is 2.74 bits per heavy atom. The van der Waals surface area contributed by atoms with Crippen molar-refractivity contribution >= 4 is 5.97 Å². The fourth-order valence-corrected chi connectivity index (χ4v) is 2.73. The molecular formula is C14H17NO4. The number of hydrogen-bond acceptors (Lipinski definition) is 4. The smallest absolute Gasteiger partial charge is 0.325 e. The van der Waals surface area contributed by atoms with E-state index in [1.54, 1.807) is 18.2 Å². The van der Waals surface area contributed by atoms with Crippen LogP contribution >= 0.6 is 0 Å². The fraction of sp³-hybridized carbons (Fsp3) is 0.500. The Morgan fingerprint density at radius 1 is 1.26 bits per heavy atom.